The van der Waals surface area contributed by atoms with Gasteiger partial charge in [-0.2, -0.15) is 5.10 Å². The molecular formula is C19H22BrN3O5S. The van der Waals surface area contributed by atoms with E-state index in [0.717, 1.165) is 16.1 Å². The Balaban J connectivity index is 2.11. The predicted molar refractivity (Wildman–Crippen MR) is 116 cm³/mol. The summed E-state index contributed by atoms with van der Waals surface area (Å²) in [6, 6.07) is 10.3. The molecule has 0 aliphatic rings. The van der Waals surface area contributed by atoms with E-state index in [0.29, 0.717) is 27.2 Å². The molecule has 29 heavy (non-hydrogen) atoms. The molecule has 10 heteroatoms. The number of ether oxygens (including phenoxy) is 2. The van der Waals surface area contributed by atoms with E-state index in [1.807, 2.05) is 6.92 Å². The van der Waals surface area contributed by atoms with Gasteiger partial charge in [0.15, 0.2) is 11.5 Å². The second-order valence-corrected chi connectivity index (χ2v) is 8.90. The minimum atomic E-state index is -3.64. The van der Waals surface area contributed by atoms with Crippen LogP contribution in [0.2, 0.25) is 0 Å². The largest absolute Gasteiger partial charge is 0.493 e. The van der Waals surface area contributed by atoms with Gasteiger partial charge in [0.05, 0.1) is 36.9 Å². The SMILES string of the molecule is COc1cc(/C=N\NC(=O)CN(c2ccc(C)cc2)S(C)(=O)=O)cc(Br)c1OC. The first-order valence-corrected chi connectivity index (χ1v) is 11.1. The molecule has 0 heterocycles. The van der Waals surface area contributed by atoms with Gasteiger partial charge in [-0.3, -0.25) is 9.10 Å². The van der Waals surface area contributed by atoms with Crippen LogP contribution in [-0.4, -0.2) is 47.6 Å². The quantitative estimate of drug-likeness (QED) is 0.459. The Morgan fingerprint density at radius 1 is 1.21 bits per heavy atom. The third-order valence-electron chi connectivity index (χ3n) is 3.87. The maximum atomic E-state index is 12.2. The van der Waals surface area contributed by atoms with Crippen molar-refractivity contribution in [3.63, 3.8) is 0 Å². The summed E-state index contributed by atoms with van der Waals surface area (Å²) in [6.45, 7) is 1.50. The van der Waals surface area contributed by atoms with Gasteiger partial charge >= 0.3 is 0 Å². The Bertz CT molecular complexity index is 1010. The van der Waals surface area contributed by atoms with Gasteiger partial charge in [0.1, 0.15) is 6.54 Å². The van der Waals surface area contributed by atoms with E-state index in [1.165, 1.54) is 20.4 Å². The zero-order valence-corrected chi connectivity index (χ0v) is 18.9. The van der Waals surface area contributed by atoms with E-state index < -0.39 is 22.5 Å². The summed E-state index contributed by atoms with van der Waals surface area (Å²) in [6.07, 6.45) is 2.46. The van der Waals surface area contributed by atoms with Crippen molar-refractivity contribution in [1.29, 1.82) is 0 Å². The van der Waals surface area contributed by atoms with E-state index in [4.69, 9.17) is 9.47 Å². The molecule has 2 aromatic rings. The van der Waals surface area contributed by atoms with Crippen LogP contribution >= 0.6 is 15.9 Å². The number of sulfonamides is 1. The Morgan fingerprint density at radius 3 is 2.41 bits per heavy atom. The Morgan fingerprint density at radius 2 is 1.86 bits per heavy atom. The summed E-state index contributed by atoms with van der Waals surface area (Å²) in [5.74, 6) is 0.458. The lowest BCUT2D eigenvalue weighted by molar-refractivity contribution is -0.119. The molecule has 2 rings (SSSR count). The number of anilines is 1. The number of benzene rings is 2. The molecule has 0 saturated heterocycles. The zero-order valence-electron chi connectivity index (χ0n) is 16.5. The van der Waals surface area contributed by atoms with E-state index >= 15 is 0 Å². The summed E-state index contributed by atoms with van der Waals surface area (Å²) >= 11 is 3.38. The molecule has 0 radical (unpaired) electrons. The van der Waals surface area contributed by atoms with Gasteiger partial charge in [-0.05, 0) is 52.7 Å². The molecule has 0 unspecified atom stereocenters. The first-order valence-electron chi connectivity index (χ1n) is 8.43. The molecule has 0 atom stereocenters. The highest BCUT2D eigenvalue weighted by Crippen LogP contribution is 2.35. The average molecular weight is 484 g/mol. The monoisotopic (exact) mass is 483 g/mol. The summed E-state index contributed by atoms with van der Waals surface area (Å²) in [7, 11) is -0.604. The summed E-state index contributed by atoms with van der Waals surface area (Å²) in [5.41, 5.74) is 4.37. The van der Waals surface area contributed by atoms with Crippen LogP contribution in [0.4, 0.5) is 5.69 Å². The van der Waals surface area contributed by atoms with Gasteiger partial charge in [-0.1, -0.05) is 17.7 Å². The van der Waals surface area contributed by atoms with Crippen LogP contribution in [0.15, 0.2) is 46.0 Å². The van der Waals surface area contributed by atoms with Gasteiger partial charge in [0, 0.05) is 0 Å². The first kappa shape index (κ1) is 22.7. The van der Waals surface area contributed by atoms with Crippen molar-refractivity contribution in [2.24, 2.45) is 5.10 Å². The molecule has 0 aliphatic carbocycles. The van der Waals surface area contributed by atoms with Crippen molar-refractivity contribution < 1.29 is 22.7 Å². The van der Waals surface area contributed by atoms with Gasteiger partial charge in [0.25, 0.3) is 5.91 Å². The molecule has 156 valence electrons. The lowest BCUT2D eigenvalue weighted by atomic mass is 10.2. The summed E-state index contributed by atoms with van der Waals surface area (Å²) < 4.78 is 36.4. The van der Waals surface area contributed by atoms with Gasteiger partial charge in [-0.15, -0.1) is 0 Å². The maximum Gasteiger partial charge on any atom is 0.260 e. The molecule has 2 aromatic carbocycles. The second-order valence-electron chi connectivity index (χ2n) is 6.14. The van der Waals surface area contributed by atoms with Crippen LogP contribution in [-0.2, 0) is 14.8 Å². The average Bonchev–Trinajstić information content (AvgIpc) is 2.65. The highest BCUT2D eigenvalue weighted by molar-refractivity contribution is 9.10. The van der Waals surface area contributed by atoms with Crippen LogP contribution in [0.5, 0.6) is 11.5 Å². The van der Waals surface area contributed by atoms with Crippen LogP contribution in [0.25, 0.3) is 0 Å². The fraction of sp³-hybridized carbons (Fsp3) is 0.263. The lowest BCUT2D eigenvalue weighted by Crippen LogP contribution is -2.39. The number of nitrogens with zero attached hydrogens (tertiary/aromatic N) is 2. The van der Waals surface area contributed by atoms with Crippen LogP contribution in [0, 0.1) is 6.92 Å². The highest BCUT2D eigenvalue weighted by Gasteiger charge is 2.20. The van der Waals surface area contributed by atoms with E-state index in [1.54, 1.807) is 36.4 Å². The Hall–Kier alpha value is -2.59. The molecule has 1 amide bonds. The maximum absolute atomic E-state index is 12.2. The Kier molecular flexibility index (Phi) is 7.63. The molecule has 0 aromatic heterocycles. The van der Waals surface area contributed by atoms with E-state index in [9.17, 15) is 13.2 Å². The molecule has 0 fully saturated rings. The molecule has 0 spiro atoms. The van der Waals surface area contributed by atoms with Gasteiger partial charge < -0.3 is 9.47 Å². The second kappa shape index (κ2) is 9.75. The molecule has 8 nitrogen and oxygen atoms in total. The highest BCUT2D eigenvalue weighted by atomic mass is 79.9. The number of nitrogens with one attached hydrogen (secondary N) is 1. The summed E-state index contributed by atoms with van der Waals surface area (Å²) in [4.78, 5) is 12.2. The van der Waals surface area contributed by atoms with Crippen molar-refractivity contribution in [3.8, 4) is 11.5 Å². The number of hydrogen-bond acceptors (Lipinski definition) is 6. The fourth-order valence-electron chi connectivity index (χ4n) is 2.47. The Labute approximate surface area is 178 Å². The topological polar surface area (TPSA) is 97.3 Å². The third-order valence-corrected chi connectivity index (χ3v) is 5.60. The fourth-order valence-corrected chi connectivity index (χ4v) is 3.95. The van der Waals surface area contributed by atoms with Crippen LogP contribution in [0.1, 0.15) is 11.1 Å². The standard InChI is InChI=1S/C19H22BrN3O5S/c1-13-5-7-15(8-6-13)23(29(4,25)26)12-18(24)22-21-11-14-9-16(20)19(28-3)17(10-14)27-2/h5-11H,12H2,1-4H3,(H,22,24)/b21-11-. The molecule has 1 N–H and O–H groups in total. The van der Waals surface area contributed by atoms with Crippen molar-refractivity contribution >= 4 is 43.8 Å². The normalized spacial score (nSPS) is 11.3. The number of amides is 1. The van der Waals surface area contributed by atoms with Crippen LogP contribution < -0.4 is 19.2 Å². The lowest BCUT2D eigenvalue weighted by Gasteiger charge is -2.21. The van der Waals surface area contributed by atoms with E-state index in [-0.39, 0.29) is 0 Å². The molecule has 0 bridgehead atoms. The number of carbonyl (C=O) groups excluding carboxylic acids is 1. The number of aryl methyl sites for hydroxylation is 1. The van der Waals surface area contributed by atoms with E-state index in [2.05, 4.69) is 26.5 Å². The smallest absolute Gasteiger partial charge is 0.260 e. The van der Waals surface area contributed by atoms with Crippen molar-refractivity contribution in [2.75, 3.05) is 31.3 Å². The number of carbonyl (C=O) groups is 1. The number of rotatable bonds is 8. The number of hydrogen-bond donors (Lipinski definition) is 1. The molecular weight excluding hydrogens is 462 g/mol. The third kappa shape index (κ3) is 6.20. The number of methoxy groups -OCH3 is 2. The predicted octanol–water partition coefficient (Wildman–Crippen LogP) is 2.69. The molecule has 0 aliphatic heterocycles. The number of halogens is 1. The van der Waals surface area contributed by atoms with Crippen molar-refractivity contribution in [2.45, 2.75) is 6.92 Å². The minimum Gasteiger partial charge on any atom is -0.493 e. The summed E-state index contributed by atoms with van der Waals surface area (Å²) in [5, 5.41) is 3.89. The molecule has 0 saturated carbocycles. The van der Waals surface area contributed by atoms with Gasteiger partial charge in [-0.25, -0.2) is 13.8 Å². The van der Waals surface area contributed by atoms with Crippen molar-refractivity contribution in [3.05, 3.63) is 52.0 Å². The van der Waals surface area contributed by atoms with Crippen LogP contribution in [0.3, 0.4) is 0 Å². The zero-order chi connectivity index (χ0) is 21.6. The van der Waals surface area contributed by atoms with Gasteiger partial charge in [0.2, 0.25) is 10.0 Å². The minimum absolute atomic E-state index is 0.394. The number of hydrazone groups is 1. The first-order chi connectivity index (χ1) is 13.7. The van der Waals surface area contributed by atoms with Crippen molar-refractivity contribution in [1.82, 2.24) is 5.43 Å².